The van der Waals surface area contributed by atoms with E-state index in [0.29, 0.717) is 30.0 Å². The zero-order chi connectivity index (χ0) is 18.5. The van der Waals surface area contributed by atoms with E-state index >= 15 is 0 Å². The van der Waals surface area contributed by atoms with Gasteiger partial charge in [0, 0.05) is 23.6 Å². The number of para-hydroxylation sites is 2. The van der Waals surface area contributed by atoms with Gasteiger partial charge in [-0.25, -0.2) is 4.98 Å². The lowest BCUT2D eigenvalue weighted by Gasteiger charge is -2.08. The van der Waals surface area contributed by atoms with Crippen molar-refractivity contribution in [3.63, 3.8) is 0 Å². The Morgan fingerprint density at radius 2 is 1.85 bits per heavy atom. The van der Waals surface area contributed by atoms with Crippen LogP contribution in [0, 0.1) is 0 Å². The topological polar surface area (TPSA) is 90.0 Å². The molecule has 7 heteroatoms. The van der Waals surface area contributed by atoms with Gasteiger partial charge in [-0.1, -0.05) is 23.7 Å². The number of carbonyl (C=O) groups excluding carboxylic acids is 2. The van der Waals surface area contributed by atoms with Crippen LogP contribution >= 0.6 is 11.6 Å². The number of primary amides is 1. The van der Waals surface area contributed by atoms with E-state index in [9.17, 15) is 9.59 Å². The monoisotopic (exact) mass is 370 g/mol. The lowest BCUT2D eigenvalue weighted by Crippen LogP contribution is -2.25. The SMILES string of the molecule is NC(=O)Cn1c(CCCNC(=O)c2ccc(Cl)cc2)nc2ccccc21. The van der Waals surface area contributed by atoms with Crippen LogP contribution in [0.1, 0.15) is 22.6 Å². The third-order valence-corrected chi connectivity index (χ3v) is 4.27. The van der Waals surface area contributed by atoms with Crippen molar-refractivity contribution in [3.8, 4) is 0 Å². The van der Waals surface area contributed by atoms with Crippen LogP contribution in [0.4, 0.5) is 0 Å². The van der Waals surface area contributed by atoms with Gasteiger partial charge in [-0.15, -0.1) is 0 Å². The largest absolute Gasteiger partial charge is 0.368 e. The van der Waals surface area contributed by atoms with Crippen molar-refractivity contribution >= 4 is 34.4 Å². The Balaban J connectivity index is 1.61. The third-order valence-electron chi connectivity index (χ3n) is 4.02. The molecule has 3 rings (SSSR count). The van der Waals surface area contributed by atoms with Gasteiger partial charge in [-0.2, -0.15) is 0 Å². The Labute approximate surface area is 156 Å². The molecule has 0 unspecified atom stereocenters. The van der Waals surface area contributed by atoms with Gasteiger partial charge >= 0.3 is 0 Å². The van der Waals surface area contributed by atoms with Gasteiger partial charge in [0.05, 0.1) is 11.0 Å². The Morgan fingerprint density at radius 1 is 1.12 bits per heavy atom. The Hall–Kier alpha value is -2.86. The number of aryl methyl sites for hydroxylation is 1. The highest BCUT2D eigenvalue weighted by molar-refractivity contribution is 6.30. The zero-order valence-corrected chi connectivity index (χ0v) is 14.9. The van der Waals surface area contributed by atoms with E-state index in [4.69, 9.17) is 17.3 Å². The highest BCUT2D eigenvalue weighted by atomic mass is 35.5. The fraction of sp³-hybridized carbons (Fsp3) is 0.211. The molecule has 3 aromatic rings. The van der Waals surface area contributed by atoms with Crippen molar-refractivity contribution in [3.05, 3.63) is 64.9 Å². The Kier molecular flexibility index (Phi) is 5.53. The summed E-state index contributed by atoms with van der Waals surface area (Å²) in [6.07, 6.45) is 1.32. The van der Waals surface area contributed by atoms with Gasteiger partial charge < -0.3 is 15.6 Å². The molecule has 1 heterocycles. The molecule has 0 radical (unpaired) electrons. The number of rotatable bonds is 7. The van der Waals surface area contributed by atoms with Crippen LogP contribution in [0.25, 0.3) is 11.0 Å². The van der Waals surface area contributed by atoms with Crippen LogP contribution < -0.4 is 11.1 Å². The van der Waals surface area contributed by atoms with Crippen LogP contribution in [0.15, 0.2) is 48.5 Å². The molecule has 26 heavy (non-hydrogen) atoms. The lowest BCUT2D eigenvalue weighted by atomic mass is 10.2. The molecule has 1 aromatic heterocycles. The van der Waals surface area contributed by atoms with Gasteiger partial charge in [-0.05, 0) is 42.8 Å². The summed E-state index contributed by atoms with van der Waals surface area (Å²) in [5, 5.41) is 3.46. The number of imidazole rings is 1. The van der Waals surface area contributed by atoms with Crippen LogP contribution in [-0.2, 0) is 17.8 Å². The summed E-state index contributed by atoms with van der Waals surface area (Å²) < 4.78 is 1.83. The van der Waals surface area contributed by atoms with Crippen molar-refractivity contribution in [1.29, 1.82) is 0 Å². The molecular formula is C19H19ClN4O2. The minimum atomic E-state index is -0.412. The number of nitrogens with zero attached hydrogens (tertiary/aromatic N) is 2. The molecule has 0 aliphatic rings. The zero-order valence-electron chi connectivity index (χ0n) is 14.1. The maximum atomic E-state index is 12.1. The molecule has 0 fully saturated rings. The molecule has 0 saturated carbocycles. The average Bonchev–Trinajstić information content (AvgIpc) is 2.96. The number of halogens is 1. The molecule has 0 saturated heterocycles. The summed E-state index contributed by atoms with van der Waals surface area (Å²) in [5.74, 6) is 0.225. The van der Waals surface area contributed by atoms with E-state index in [1.807, 2.05) is 28.8 Å². The van der Waals surface area contributed by atoms with Crippen LogP contribution in [0.2, 0.25) is 5.02 Å². The first-order valence-electron chi connectivity index (χ1n) is 8.31. The number of hydrogen-bond donors (Lipinski definition) is 2. The van der Waals surface area contributed by atoms with E-state index < -0.39 is 5.91 Å². The highest BCUT2D eigenvalue weighted by Gasteiger charge is 2.12. The maximum absolute atomic E-state index is 12.1. The lowest BCUT2D eigenvalue weighted by molar-refractivity contribution is -0.118. The van der Waals surface area contributed by atoms with Crippen molar-refractivity contribution in [2.75, 3.05) is 6.54 Å². The van der Waals surface area contributed by atoms with Crippen molar-refractivity contribution in [1.82, 2.24) is 14.9 Å². The first kappa shape index (κ1) is 17.9. The number of aromatic nitrogens is 2. The predicted molar refractivity (Wildman–Crippen MR) is 101 cm³/mol. The molecule has 2 aromatic carbocycles. The number of carbonyl (C=O) groups is 2. The Morgan fingerprint density at radius 3 is 2.58 bits per heavy atom. The summed E-state index contributed by atoms with van der Waals surface area (Å²) in [6.45, 7) is 0.591. The van der Waals surface area contributed by atoms with Crippen LogP contribution in [0.3, 0.4) is 0 Å². The third kappa shape index (κ3) is 4.21. The summed E-state index contributed by atoms with van der Waals surface area (Å²) in [5.41, 5.74) is 7.63. The molecular weight excluding hydrogens is 352 g/mol. The number of nitrogens with one attached hydrogen (secondary N) is 1. The highest BCUT2D eigenvalue weighted by Crippen LogP contribution is 2.17. The fourth-order valence-corrected chi connectivity index (χ4v) is 2.93. The first-order chi connectivity index (χ1) is 12.5. The van der Waals surface area contributed by atoms with Gasteiger partial charge in [0.1, 0.15) is 12.4 Å². The van der Waals surface area contributed by atoms with Gasteiger partial charge in [-0.3, -0.25) is 9.59 Å². The summed E-state index contributed by atoms with van der Waals surface area (Å²) >= 11 is 5.82. The fourth-order valence-electron chi connectivity index (χ4n) is 2.80. The maximum Gasteiger partial charge on any atom is 0.251 e. The standard InChI is InChI=1S/C19H19ClN4O2/c20-14-9-7-13(8-10-14)19(26)22-11-3-6-18-23-15-4-1-2-5-16(15)24(18)12-17(21)25/h1-2,4-5,7-10H,3,6,11-12H2,(H2,21,25)(H,22,26). The van der Waals surface area contributed by atoms with E-state index in [0.717, 1.165) is 16.9 Å². The normalized spacial score (nSPS) is 10.8. The second-order valence-electron chi connectivity index (χ2n) is 5.94. The van der Waals surface area contributed by atoms with Crippen LogP contribution in [0.5, 0.6) is 0 Å². The van der Waals surface area contributed by atoms with Crippen LogP contribution in [-0.4, -0.2) is 27.9 Å². The van der Waals surface area contributed by atoms with Gasteiger partial charge in [0.15, 0.2) is 0 Å². The molecule has 2 amide bonds. The minimum Gasteiger partial charge on any atom is -0.368 e. The number of fused-ring (bicyclic) bond motifs is 1. The number of benzene rings is 2. The Bertz CT molecular complexity index is 934. The molecule has 6 nitrogen and oxygen atoms in total. The van der Waals surface area contributed by atoms with Crippen molar-refractivity contribution in [2.45, 2.75) is 19.4 Å². The molecule has 3 N–H and O–H groups in total. The summed E-state index contributed by atoms with van der Waals surface area (Å²) in [6, 6.07) is 14.4. The molecule has 0 spiro atoms. The smallest absolute Gasteiger partial charge is 0.251 e. The predicted octanol–water partition coefficient (Wildman–Crippen LogP) is 2.54. The summed E-state index contributed by atoms with van der Waals surface area (Å²) in [4.78, 5) is 28.0. The second-order valence-corrected chi connectivity index (χ2v) is 6.37. The quantitative estimate of drug-likeness (QED) is 0.626. The average molecular weight is 371 g/mol. The molecule has 0 bridgehead atoms. The summed E-state index contributed by atoms with van der Waals surface area (Å²) in [7, 11) is 0. The number of nitrogens with two attached hydrogens (primary N) is 1. The van der Waals surface area contributed by atoms with Gasteiger partial charge in [0.25, 0.3) is 5.91 Å². The molecule has 0 atom stereocenters. The van der Waals surface area contributed by atoms with Crippen molar-refractivity contribution < 1.29 is 9.59 Å². The number of amides is 2. The molecule has 134 valence electrons. The minimum absolute atomic E-state index is 0.0903. The second kappa shape index (κ2) is 8.01. The molecule has 0 aliphatic heterocycles. The van der Waals surface area contributed by atoms with E-state index in [-0.39, 0.29) is 12.5 Å². The van der Waals surface area contributed by atoms with E-state index in [1.165, 1.54) is 0 Å². The van der Waals surface area contributed by atoms with E-state index in [2.05, 4.69) is 10.3 Å². The number of hydrogen-bond acceptors (Lipinski definition) is 3. The van der Waals surface area contributed by atoms with E-state index in [1.54, 1.807) is 24.3 Å². The van der Waals surface area contributed by atoms with Gasteiger partial charge in [0.2, 0.25) is 5.91 Å². The van der Waals surface area contributed by atoms with Crippen molar-refractivity contribution in [2.24, 2.45) is 5.73 Å². The first-order valence-corrected chi connectivity index (χ1v) is 8.68. The molecule has 0 aliphatic carbocycles.